The summed E-state index contributed by atoms with van der Waals surface area (Å²) in [6.07, 6.45) is 3.48. The maximum absolute atomic E-state index is 14.5. The molecule has 188 valence electrons. The van der Waals surface area contributed by atoms with Gasteiger partial charge >= 0.3 is 6.01 Å². The minimum atomic E-state index is -0.366. The maximum atomic E-state index is 14.5. The molecule has 3 aromatic rings. The molecule has 4 heterocycles. The van der Waals surface area contributed by atoms with E-state index >= 15 is 0 Å². The SMILES string of the molecule is CNc1cc(F)cc2c1Cc1nc3nc(c1-2)N[C@H](CN)COCCNC(=O)CSc1ncc(cn1)O3. The zero-order valence-electron chi connectivity index (χ0n) is 19.5. The Hall–Kier alpha value is -3.55. The first kappa shape index (κ1) is 24.2. The summed E-state index contributed by atoms with van der Waals surface area (Å²) in [6.45, 7) is 1.21. The second-order valence-corrected chi connectivity index (χ2v) is 9.12. The molecule has 1 aliphatic carbocycles. The van der Waals surface area contributed by atoms with Crippen LogP contribution in [0.2, 0.25) is 0 Å². The Morgan fingerprint density at radius 3 is 2.89 bits per heavy atom. The predicted octanol–water partition coefficient (Wildman–Crippen LogP) is 1.79. The molecule has 0 unspecified atom stereocenters. The Kier molecular flexibility index (Phi) is 7.11. The summed E-state index contributed by atoms with van der Waals surface area (Å²) in [6, 6.07) is 2.74. The molecular formula is C23H25FN8O3S. The summed E-state index contributed by atoms with van der Waals surface area (Å²) < 4.78 is 26.1. The molecule has 0 fully saturated rings. The zero-order valence-corrected chi connectivity index (χ0v) is 20.3. The number of nitrogens with two attached hydrogens (primary N) is 1. The molecule has 1 aromatic carbocycles. The number of nitrogens with zero attached hydrogens (tertiary/aromatic N) is 4. The third-order valence-corrected chi connectivity index (χ3v) is 6.60. The van der Waals surface area contributed by atoms with Gasteiger partial charge in [0, 0.05) is 37.8 Å². The second kappa shape index (κ2) is 10.6. The molecule has 13 heteroatoms. The summed E-state index contributed by atoms with van der Waals surface area (Å²) in [4.78, 5) is 29.8. The maximum Gasteiger partial charge on any atom is 0.324 e. The van der Waals surface area contributed by atoms with E-state index in [4.69, 9.17) is 15.2 Å². The van der Waals surface area contributed by atoms with Gasteiger partial charge in [0.1, 0.15) is 11.6 Å². The largest absolute Gasteiger partial charge is 0.421 e. The Labute approximate surface area is 210 Å². The van der Waals surface area contributed by atoms with E-state index in [0.29, 0.717) is 58.8 Å². The average Bonchev–Trinajstić information content (AvgIpc) is 3.24. The van der Waals surface area contributed by atoms with Gasteiger partial charge in [0.15, 0.2) is 10.9 Å². The number of halogens is 1. The smallest absolute Gasteiger partial charge is 0.324 e. The average molecular weight is 513 g/mol. The second-order valence-electron chi connectivity index (χ2n) is 8.18. The molecule has 11 nitrogen and oxygen atoms in total. The number of fused-ring (bicyclic) bond motifs is 14. The van der Waals surface area contributed by atoms with Gasteiger partial charge in [-0.15, -0.1) is 0 Å². The molecule has 4 bridgehead atoms. The Balaban J connectivity index is 1.54. The standard InChI is InChI=1S/C23H25FN8O3S/c1-26-17-5-12(24)4-16-15(17)6-18-20(16)21-30-13(7-25)10-34-3-2-27-19(33)11-36-23-28-8-14(9-29-23)35-22(31-18)32-21/h4-5,8-9,13,26H,2-3,6-7,10-11,25H2,1H3,(H,27,33)(H,30,31,32)/t13-/m1/s1. The van der Waals surface area contributed by atoms with Crippen molar-refractivity contribution >= 4 is 29.2 Å². The highest BCUT2D eigenvalue weighted by molar-refractivity contribution is 7.99. The quantitative estimate of drug-likeness (QED) is 0.230. The third kappa shape index (κ3) is 5.17. The van der Waals surface area contributed by atoms with Crippen LogP contribution in [-0.4, -0.2) is 71.0 Å². The van der Waals surface area contributed by atoms with Crippen molar-refractivity contribution in [1.82, 2.24) is 25.3 Å². The van der Waals surface area contributed by atoms with Crippen LogP contribution >= 0.6 is 11.8 Å². The van der Waals surface area contributed by atoms with Gasteiger partial charge < -0.3 is 31.2 Å². The van der Waals surface area contributed by atoms with E-state index in [9.17, 15) is 9.18 Å². The van der Waals surface area contributed by atoms with Crippen molar-refractivity contribution in [2.75, 3.05) is 49.7 Å². The normalized spacial score (nSPS) is 17.6. The molecule has 36 heavy (non-hydrogen) atoms. The number of rotatable bonds is 2. The number of hydrogen-bond donors (Lipinski definition) is 4. The number of thioether (sulfide) groups is 1. The van der Waals surface area contributed by atoms with Gasteiger partial charge in [-0.25, -0.2) is 14.4 Å². The molecule has 0 saturated heterocycles. The molecule has 1 atom stereocenters. The molecule has 0 radical (unpaired) electrons. The van der Waals surface area contributed by atoms with E-state index in [1.807, 2.05) is 0 Å². The van der Waals surface area contributed by atoms with E-state index in [0.717, 1.165) is 5.56 Å². The number of carbonyl (C=O) groups is 1. The van der Waals surface area contributed by atoms with Gasteiger partial charge in [0.25, 0.3) is 0 Å². The number of nitrogens with one attached hydrogen (secondary N) is 3. The highest BCUT2D eigenvalue weighted by atomic mass is 32.2. The first-order valence-corrected chi connectivity index (χ1v) is 12.4. The number of carbonyl (C=O) groups excluding carboxylic acids is 1. The van der Waals surface area contributed by atoms with Crippen molar-refractivity contribution < 1.29 is 18.7 Å². The van der Waals surface area contributed by atoms with E-state index in [2.05, 4.69) is 35.9 Å². The first-order valence-electron chi connectivity index (χ1n) is 11.4. The number of ether oxygens (including phenoxy) is 2. The molecular weight excluding hydrogens is 487 g/mol. The predicted molar refractivity (Wildman–Crippen MR) is 133 cm³/mol. The number of hydrogen-bond acceptors (Lipinski definition) is 11. The van der Waals surface area contributed by atoms with Crippen LogP contribution in [-0.2, 0) is 16.0 Å². The fraction of sp³-hybridized carbons (Fsp3) is 0.348. The van der Waals surface area contributed by atoms with Crippen molar-refractivity contribution in [2.45, 2.75) is 17.6 Å². The van der Waals surface area contributed by atoms with Crippen LogP contribution in [0.3, 0.4) is 0 Å². The summed E-state index contributed by atoms with van der Waals surface area (Å²) in [7, 11) is 1.75. The van der Waals surface area contributed by atoms with Crippen LogP contribution in [0, 0.1) is 5.82 Å². The minimum absolute atomic E-state index is 0.0942. The molecule has 6 rings (SSSR count). The molecule has 5 N–H and O–H groups in total. The Morgan fingerprint density at radius 1 is 1.28 bits per heavy atom. The van der Waals surface area contributed by atoms with Gasteiger partial charge in [0.2, 0.25) is 5.91 Å². The molecule has 0 saturated carbocycles. The van der Waals surface area contributed by atoms with Crippen molar-refractivity contribution in [3.05, 3.63) is 41.6 Å². The Bertz CT molecular complexity index is 1280. The third-order valence-electron chi connectivity index (χ3n) is 5.72. The van der Waals surface area contributed by atoms with E-state index in [1.165, 1.54) is 36.3 Å². The zero-order chi connectivity index (χ0) is 25.1. The number of benzene rings is 1. The van der Waals surface area contributed by atoms with Gasteiger partial charge in [-0.3, -0.25) is 4.79 Å². The van der Waals surface area contributed by atoms with Crippen LogP contribution in [0.25, 0.3) is 11.1 Å². The van der Waals surface area contributed by atoms with Crippen molar-refractivity contribution in [3.8, 4) is 22.9 Å². The van der Waals surface area contributed by atoms with Crippen LogP contribution < -0.4 is 26.4 Å². The molecule has 3 aliphatic rings. The lowest BCUT2D eigenvalue weighted by molar-refractivity contribution is -0.118. The lowest BCUT2D eigenvalue weighted by Gasteiger charge is -2.20. The van der Waals surface area contributed by atoms with Gasteiger partial charge in [0.05, 0.1) is 43.1 Å². The highest BCUT2D eigenvalue weighted by Crippen LogP contribution is 2.44. The van der Waals surface area contributed by atoms with Crippen LogP contribution in [0.4, 0.5) is 15.9 Å². The van der Waals surface area contributed by atoms with Gasteiger partial charge in [-0.2, -0.15) is 9.97 Å². The molecule has 2 aromatic heterocycles. The lowest BCUT2D eigenvalue weighted by Crippen LogP contribution is -2.35. The van der Waals surface area contributed by atoms with Crippen molar-refractivity contribution in [3.63, 3.8) is 0 Å². The molecule has 1 amide bonds. The van der Waals surface area contributed by atoms with Crippen LogP contribution in [0.5, 0.6) is 11.8 Å². The number of anilines is 2. The van der Waals surface area contributed by atoms with Crippen LogP contribution in [0.1, 0.15) is 11.3 Å². The monoisotopic (exact) mass is 512 g/mol. The minimum Gasteiger partial charge on any atom is -0.421 e. The van der Waals surface area contributed by atoms with Gasteiger partial charge in [-0.05, 0) is 23.3 Å². The summed E-state index contributed by atoms with van der Waals surface area (Å²) >= 11 is 1.21. The van der Waals surface area contributed by atoms with Crippen molar-refractivity contribution in [1.29, 1.82) is 0 Å². The number of amides is 1. The fourth-order valence-corrected chi connectivity index (χ4v) is 4.67. The Morgan fingerprint density at radius 2 is 2.11 bits per heavy atom. The topological polar surface area (TPSA) is 149 Å². The van der Waals surface area contributed by atoms with E-state index in [1.54, 1.807) is 7.05 Å². The summed E-state index contributed by atoms with van der Waals surface area (Å²) in [5.74, 6) is 0.470. The van der Waals surface area contributed by atoms with Gasteiger partial charge in [-0.1, -0.05) is 11.8 Å². The highest BCUT2D eigenvalue weighted by Gasteiger charge is 2.29. The van der Waals surface area contributed by atoms with E-state index in [-0.39, 0.29) is 42.7 Å². The lowest BCUT2D eigenvalue weighted by atomic mass is 10.0. The van der Waals surface area contributed by atoms with E-state index < -0.39 is 0 Å². The fourth-order valence-electron chi connectivity index (χ4n) is 4.05. The summed E-state index contributed by atoms with van der Waals surface area (Å²) in [5.41, 5.74) is 9.70. The summed E-state index contributed by atoms with van der Waals surface area (Å²) in [5, 5.41) is 9.62. The number of aromatic nitrogens is 4. The van der Waals surface area contributed by atoms with Crippen molar-refractivity contribution in [2.24, 2.45) is 5.73 Å². The van der Waals surface area contributed by atoms with Crippen LogP contribution in [0.15, 0.2) is 29.7 Å². The first-order chi connectivity index (χ1) is 17.5. The molecule has 0 spiro atoms. The molecule has 2 aliphatic heterocycles.